The number of para-hydroxylation sites is 2. The van der Waals surface area contributed by atoms with Crippen LogP contribution in [0.4, 0.5) is 5.82 Å². The summed E-state index contributed by atoms with van der Waals surface area (Å²) in [5.74, 6) is 1.25. The molecule has 0 aliphatic heterocycles. The minimum absolute atomic E-state index is 0.287. The van der Waals surface area contributed by atoms with Gasteiger partial charge in [-0.05, 0) is 44.0 Å². The van der Waals surface area contributed by atoms with Crippen molar-refractivity contribution >= 4 is 28.5 Å². The van der Waals surface area contributed by atoms with Crippen LogP contribution in [0.2, 0.25) is 0 Å². The maximum absolute atomic E-state index is 11.9. The normalized spacial score (nSPS) is 11.0. The number of carbonyl (C=O) groups excluding carboxylic acids is 1. The molecule has 2 heterocycles. The Hall–Kier alpha value is -3.48. The summed E-state index contributed by atoms with van der Waals surface area (Å²) in [6.45, 7) is 3.02. The van der Waals surface area contributed by atoms with Crippen LogP contribution in [0.15, 0.2) is 54.6 Å². The standard InChI is InChI=1S/C21H21N5O2/c1-15-24-25-20-19(23-17-11-5-6-12-18(17)26(15)20)22-13-7-8-14-28-21(27)16-9-3-2-4-10-16/h2-6,9-12H,7-8,13-14H2,1H3,(H,22,23). The maximum atomic E-state index is 11.9. The molecule has 0 atom stereocenters. The van der Waals surface area contributed by atoms with E-state index in [1.807, 2.05) is 53.8 Å². The summed E-state index contributed by atoms with van der Waals surface area (Å²) >= 11 is 0. The first-order valence-corrected chi connectivity index (χ1v) is 9.30. The lowest BCUT2D eigenvalue weighted by molar-refractivity contribution is 0.0499. The van der Waals surface area contributed by atoms with Gasteiger partial charge in [-0.15, -0.1) is 10.2 Å². The van der Waals surface area contributed by atoms with Gasteiger partial charge >= 0.3 is 5.97 Å². The topological polar surface area (TPSA) is 81.4 Å². The molecule has 28 heavy (non-hydrogen) atoms. The van der Waals surface area contributed by atoms with Gasteiger partial charge in [0.2, 0.25) is 5.65 Å². The minimum atomic E-state index is -0.287. The first kappa shape index (κ1) is 17.9. The first-order valence-electron chi connectivity index (χ1n) is 9.30. The second-order valence-electron chi connectivity index (χ2n) is 6.49. The van der Waals surface area contributed by atoms with Crippen molar-refractivity contribution in [2.24, 2.45) is 0 Å². The second-order valence-corrected chi connectivity index (χ2v) is 6.49. The third-order valence-electron chi connectivity index (χ3n) is 4.50. The Kier molecular flexibility index (Phi) is 5.14. The number of nitrogens with zero attached hydrogens (tertiary/aromatic N) is 4. The molecule has 0 aliphatic rings. The Morgan fingerprint density at radius 3 is 2.68 bits per heavy atom. The maximum Gasteiger partial charge on any atom is 0.338 e. The van der Waals surface area contributed by atoms with Gasteiger partial charge in [0, 0.05) is 6.54 Å². The fourth-order valence-electron chi connectivity index (χ4n) is 3.10. The quantitative estimate of drug-likeness (QED) is 0.392. The van der Waals surface area contributed by atoms with Crippen LogP contribution >= 0.6 is 0 Å². The van der Waals surface area contributed by atoms with Gasteiger partial charge < -0.3 is 10.1 Å². The Bertz CT molecular complexity index is 1110. The molecule has 0 saturated heterocycles. The molecule has 4 rings (SSSR count). The number of rotatable bonds is 7. The zero-order valence-electron chi connectivity index (χ0n) is 15.6. The number of hydrogen-bond acceptors (Lipinski definition) is 6. The molecule has 0 unspecified atom stereocenters. The summed E-state index contributed by atoms with van der Waals surface area (Å²) in [7, 11) is 0. The summed E-state index contributed by atoms with van der Waals surface area (Å²) < 4.78 is 7.31. The van der Waals surface area contributed by atoms with Gasteiger partial charge in [0.1, 0.15) is 5.82 Å². The third kappa shape index (κ3) is 3.64. The van der Waals surface area contributed by atoms with Crippen LogP contribution in [0.25, 0.3) is 16.7 Å². The van der Waals surface area contributed by atoms with Crippen molar-refractivity contribution in [1.82, 2.24) is 19.6 Å². The molecule has 2 aromatic heterocycles. The number of esters is 1. The van der Waals surface area contributed by atoms with Gasteiger partial charge in [0.05, 0.1) is 23.2 Å². The molecule has 0 saturated carbocycles. The van der Waals surface area contributed by atoms with Crippen LogP contribution < -0.4 is 5.32 Å². The molecule has 0 fully saturated rings. The molecule has 7 heteroatoms. The number of ether oxygens (including phenoxy) is 1. The Labute approximate surface area is 162 Å². The van der Waals surface area contributed by atoms with E-state index in [1.54, 1.807) is 12.1 Å². The van der Waals surface area contributed by atoms with E-state index in [0.29, 0.717) is 30.2 Å². The first-order chi connectivity index (χ1) is 13.7. The number of benzene rings is 2. The summed E-state index contributed by atoms with van der Waals surface area (Å²) in [5.41, 5.74) is 3.16. The number of carbonyl (C=O) groups is 1. The molecular formula is C21H21N5O2. The van der Waals surface area contributed by atoms with Gasteiger partial charge in [0.15, 0.2) is 5.82 Å². The van der Waals surface area contributed by atoms with E-state index in [-0.39, 0.29) is 5.97 Å². The van der Waals surface area contributed by atoms with E-state index < -0.39 is 0 Å². The highest BCUT2D eigenvalue weighted by molar-refractivity contribution is 5.89. The highest BCUT2D eigenvalue weighted by Crippen LogP contribution is 2.21. The Morgan fingerprint density at radius 1 is 1.04 bits per heavy atom. The van der Waals surface area contributed by atoms with Gasteiger partial charge in [-0.1, -0.05) is 30.3 Å². The minimum Gasteiger partial charge on any atom is -0.462 e. The highest BCUT2D eigenvalue weighted by atomic mass is 16.5. The van der Waals surface area contributed by atoms with Crippen molar-refractivity contribution in [3.63, 3.8) is 0 Å². The molecule has 2 aromatic carbocycles. The summed E-state index contributed by atoms with van der Waals surface area (Å²) in [5, 5.41) is 11.8. The Morgan fingerprint density at radius 2 is 1.82 bits per heavy atom. The average Bonchev–Trinajstić information content (AvgIpc) is 3.13. The molecule has 0 bridgehead atoms. The highest BCUT2D eigenvalue weighted by Gasteiger charge is 2.12. The lowest BCUT2D eigenvalue weighted by Crippen LogP contribution is -2.09. The zero-order valence-corrected chi connectivity index (χ0v) is 15.6. The number of fused-ring (bicyclic) bond motifs is 3. The van der Waals surface area contributed by atoms with Crippen LogP contribution in [0.1, 0.15) is 29.0 Å². The smallest absolute Gasteiger partial charge is 0.338 e. The summed E-state index contributed by atoms with van der Waals surface area (Å²) in [6, 6.07) is 16.9. The van der Waals surface area contributed by atoms with E-state index in [9.17, 15) is 4.79 Å². The largest absolute Gasteiger partial charge is 0.462 e. The van der Waals surface area contributed by atoms with Crippen LogP contribution in [0, 0.1) is 6.92 Å². The van der Waals surface area contributed by atoms with Gasteiger partial charge in [-0.3, -0.25) is 4.40 Å². The molecular weight excluding hydrogens is 354 g/mol. The van der Waals surface area contributed by atoms with Crippen molar-refractivity contribution in [2.45, 2.75) is 19.8 Å². The predicted molar refractivity (Wildman–Crippen MR) is 107 cm³/mol. The fraction of sp³-hybridized carbons (Fsp3) is 0.238. The molecule has 7 nitrogen and oxygen atoms in total. The van der Waals surface area contributed by atoms with E-state index in [1.165, 1.54) is 0 Å². The van der Waals surface area contributed by atoms with Crippen molar-refractivity contribution in [3.8, 4) is 0 Å². The molecule has 0 spiro atoms. The van der Waals surface area contributed by atoms with Gasteiger partial charge in [-0.2, -0.15) is 0 Å². The molecule has 4 aromatic rings. The zero-order chi connectivity index (χ0) is 19.3. The number of nitrogens with one attached hydrogen (secondary N) is 1. The van der Waals surface area contributed by atoms with Crippen molar-refractivity contribution in [1.29, 1.82) is 0 Å². The SMILES string of the molecule is Cc1nnc2c(NCCCCOC(=O)c3ccccc3)nc3ccccc3n12. The molecule has 142 valence electrons. The average molecular weight is 375 g/mol. The van der Waals surface area contributed by atoms with Crippen LogP contribution in [-0.4, -0.2) is 38.7 Å². The van der Waals surface area contributed by atoms with E-state index >= 15 is 0 Å². The number of unbranched alkanes of at least 4 members (excludes halogenated alkanes) is 1. The van der Waals surface area contributed by atoms with Crippen molar-refractivity contribution in [2.75, 3.05) is 18.5 Å². The predicted octanol–water partition coefficient (Wildman–Crippen LogP) is 3.64. The molecule has 0 radical (unpaired) electrons. The lowest BCUT2D eigenvalue weighted by atomic mass is 10.2. The monoisotopic (exact) mass is 375 g/mol. The third-order valence-corrected chi connectivity index (χ3v) is 4.50. The summed E-state index contributed by atoms with van der Waals surface area (Å²) in [6.07, 6.45) is 1.61. The van der Waals surface area contributed by atoms with E-state index in [4.69, 9.17) is 4.74 Å². The van der Waals surface area contributed by atoms with Gasteiger partial charge in [0.25, 0.3) is 0 Å². The fourth-order valence-corrected chi connectivity index (χ4v) is 3.10. The second kappa shape index (κ2) is 8.04. The number of aromatic nitrogens is 4. The van der Waals surface area contributed by atoms with Crippen LogP contribution in [0.3, 0.4) is 0 Å². The van der Waals surface area contributed by atoms with E-state index in [2.05, 4.69) is 20.5 Å². The number of aryl methyl sites for hydroxylation is 1. The molecule has 0 amide bonds. The van der Waals surface area contributed by atoms with Crippen molar-refractivity contribution < 1.29 is 9.53 Å². The summed E-state index contributed by atoms with van der Waals surface area (Å²) in [4.78, 5) is 16.6. The van der Waals surface area contributed by atoms with Crippen LogP contribution in [-0.2, 0) is 4.74 Å². The molecule has 0 aliphatic carbocycles. The number of anilines is 1. The Balaban J connectivity index is 1.34. The van der Waals surface area contributed by atoms with Gasteiger partial charge in [-0.25, -0.2) is 9.78 Å². The van der Waals surface area contributed by atoms with Crippen LogP contribution in [0.5, 0.6) is 0 Å². The molecule has 1 N–H and O–H groups in total. The van der Waals surface area contributed by atoms with Crippen molar-refractivity contribution in [3.05, 3.63) is 66.0 Å². The number of hydrogen-bond donors (Lipinski definition) is 1. The lowest BCUT2D eigenvalue weighted by Gasteiger charge is -2.10. The van der Waals surface area contributed by atoms with E-state index in [0.717, 1.165) is 29.7 Å².